The highest BCUT2D eigenvalue weighted by Gasteiger charge is 2.25. The van der Waals surface area contributed by atoms with Crippen LogP contribution in [-0.2, 0) is 6.54 Å². The Morgan fingerprint density at radius 1 is 1.36 bits per heavy atom. The Hall–Kier alpha value is -2.28. The van der Waals surface area contributed by atoms with Crippen molar-refractivity contribution in [1.29, 1.82) is 0 Å². The molecule has 25 heavy (non-hydrogen) atoms. The highest BCUT2D eigenvalue weighted by atomic mass is 16.3. The molecule has 7 nitrogen and oxygen atoms in total. The monoisotopic (exact) mass is 344 g/mol. The first-order valence-corrected chi connectivity index (χ1v) is 9.12. The Morgan fingerprint density at radius 3 is 2.92 bits per heavy atom. The number of furan rings is 1. The Morgan fingerprint density at radius 2 is 2.24 bits per heavy atom. The number of aromatic nitrogens is 2. The van der Waals surface area contributed by atoms with Crippen molar-refractivity contribution in [2.45, 2.75) is 32.4 Å². The summed E-state index contributed by atoms with van der Waals surface area (Å²) in [6.45, 7) is 7.50. The number of aliphatic imine (C=N–C) groups is 1. The summed E-state index contributed by atoms with van der Waals surface area (Å²) in [5, 5.41) is 6.71. The molecule has 3 rings (SSSR count). The van der Waals surface area contributed by atoms with Crippen LogP contribution < -0.4 is 10.6 Å². The topological polar surface area (TPSA) is 70.6 Å². The van der Waals surface area contributed by atoms with Crippen molar-refractivity contribution >= 4 is 5.96 Å². The second-order valence-electron chi connectivity index (χ2n) is 6.22. The average molecular weight is 344 g/mol. The fourth-order valence-corrected chi connectivity index (χ4v) is 3.16. The minimum Gasteiger partial charge on any atom is -0.468 e. The molecule has 0 saturated carbocycles. The van der Waals surface area contributed by atoms with Gasteiger partial charge in [0, 0.05) is 32.0 Å². The number of guanidine groups is 1. The smallest absolute Gasteiger partial charge is 0.191 e. The molecular formula is C18H28N6O. The molecule has 1 unspecified atom stereocenters. The minimum absolute atomic E-state index is 0.210. The van der Waals surface area contributed by atoms with E-state index in [9.17, 15) is 0 Å². The first-order chi connectivity index (χ1) is 12.4. The molecule has 7 heteroatoms. The maximum absolute atomic E-state index is 5.67. The molecule has 2 aromatic heterocycles. The summed E-state index contributed by atoms with van der Waals surface area (Å²) in [6.07, 6.45) is 9.84. The molecule has 2 aromatic rings. The number of hydrogen-bond acceptors (Lipinski definition) is 4. The summed E-state index contributed by atoms with van der Waals surface area (Å²) in [5.74, 6) is 1.85. The van der Waals surface area contributed by atoms with E-state index in [0.29, 0.717) is 6.54 Å². The summed E-state index contributed by atoms with van der Waals surface area (Å²) >= 11 is 0. The molecule has 2 N–H and O–H groups in total. The third-order valence-corrected chi connectivity index (χ3v) is 4.44. The quantitative estimate of drug-likeness (QED) is 0.565. The number of hydrogen-bond donors (Lipinski definition) is 2. The van der Waals surface area contributed by atoms with E-state index < -0.39 is 0 Å². The van der Waals surface area contributed by atoms with Gasteiger partial charge in [-0.2, -0.15) is 0 Å². The van der Waals surface area contributed by atoms with Gasteiger partial charge in [0.05, 0.1) is 25.2 Å². The molecule has 0 radical (unpaired) electrons. The third kappa shape index (κ3) is 5.09. The predicted molar refractivity (Wildman–Crippen MR) is 98.5 cm³/mol. The number of nitrogens with zero attached hydrogens (tertiary/aromatic N) is 4. The van der Waals surface area contributed by atoms with Gasteiger partial charge in [-0.25, -0.2) is 4.98 Å². The van der Waals surface area contributed by atoms with Crippen molar-refractivity contribution in [3.05, 3.63) is 42.9 Å². The molecule has 1 saturated heterocycles. The molecular weight excluding hydrogens is 316 g/mol. The van der Waals surface area contributed by atoms with Crippen LogP contribution in [0, 0.1) is 0 Å². The minimum atomic E-state index is 0.210. The van der Waals surface area contributed by atoms with Crippen LogP contribution in [0.3, 0.4) is 0 Å². The van der Waals surface area contributed by atoms with E-state index in [1.54, 1.807) is 12.5 Å². The van der Waals surface area contributed by atoms with Crippen LogP contribution in [0.15, 0.2) is 46.5 Å². The number of rotatable bonds is 8. The van der Waals surface area contributed by atoms with Gasteiger partial charge >= 0.3 is 0 Å². The summed E-state index contributed by atoms with van der Waals surface area (Å²) < 4.78 is 7.72. The SMILES string of the molecule is CCNC(=NCC(c1ccco1)N1CCCC1)NCCn1ccnc1. The van der Waals surface area contributed by atoms with Gasteiger partial charge in [0.2, 0.25) is 0 Å². The molecule has 1 atom stereocenters. The van der Waals surface area contributed by atoms with Crippen LogP contribution in [0.5, 0.6) is 0 Å². The fourth-order valence-electron chi connectivity index (χ4n) is 3.16. The zero-order chi connectivity index (χ0) is 17.3. The second-order valence-corrected chi connectivity index (χ2v) is 6.22. The first kappa shape index (κ1) is 17.5. The van der Waals surface area contributed by atoms with Crippen LogP contribution >= 0.6 is 0 Å². The van der Waals surface area contributed by atoms with Gasteiger partial charge in [-0.15, -0.1) is 0 Å². The number of imidazole rings is 1. The normalized spacial score (nSPS) is 16.9. The lowest BCUT2D eigenvalue weighted by Crippen LogP contribution is -2.39. The molecule has 0 bridgehead atoms. The van der Waals surface area contributed by atoms with E-state index >= 15 is 0 Å². The number of likely N-dealkylation sites (tertiary alicyclic amines) is 1. The van der Waals surface area contributed by atoms with E-state index in [2.05, 4.69) is 33.5 Å². The Balaban J connectivity index is 1.59. The summed E-state index contributed by atoms with van der Waals surface area (Å²) in [7, 11) is 0. The summed E-state index contributed by atoms with van der Waals surface area (Å²) in [4.78, 5) is 11.3. The van der Waals surface area contributed by atoms with Crippen LogP contribution in [0.25, 0.3) is 0 Å². The lowest BCUT2D eigenvalue weighted by atomic mass is 10.2. The van der Waals surface area contributed by atoms with E-state index in [-0.39, 0.29) is 6.04 Å². The van der Waals surface area contributed by atoms with Gasteiger partial charge in [0.1, 0.15) is 5.76 Å². The maximum Gasteiger partial charge on any atom is 0.191 e. The predicted octanol–water partition coefficient (Wildman–Crippen LogP) is 1.87. The van der Waals surface area contributed by atoms with Crippen molar-refractivity contribution in [2.24, 2.45) is 4.99 Å². The highest BCUT2D eigenvalue weighted by molar-refractivity contribution is 5.79. The van der Waals surface area contributed by atoms with Gasteiger partial charge in [-0.1, -0.05) is 0 Å². The molecule has 136 valence electrons. The molecule has 1 fully saturated rings. The largest absolute Gasteiger partial charge is 0.468 e. The van der Waals surface area contributed by atoms with Gasteiger partial charge in [-0.3, -0.25) is 9.89 Å². The van der Waals surface area contributed by atoms with Gasteiger partial charge in [0.25, 0.3) is 0 Å². The van der Waals surface area contributed by atoms with Crippen LogP contribution in [-0.4, -0.2) is 53.1 Å². The van der Waals surface area contributed by atoms with Gasteiger partial charge in [0.15, 0.2) is 5.96 Å². The molecule has 1 aliphatic heterocycles. The molecule has 0 aliphatic carbocycles. The molecule has 0 spiro atoms. The molecule has 1 aliphatic rings. The van der Waals surface area contributed by atoms with E-state index in [0.717, 1.165) is 44.4 Å². The zero-order valence-corrected chi connectivity index (χ0v) is 14.9. The van der Waals surface area contributed by atoms with E-state index in [4.69, 9.17) is 9.41 Å². The van der Waals surface area contributed by atoms with E-state index in [1.165, 1.54) is 12.8 Å². The lowest BCUT2D eigenvalue weighted by molar-refractivity contribution is 0.221. The third-order valence-electron chi connectivity index (χ3n) is 4.44. The lowest BCUT2D eigenvalue weighted by Gasteiger charge is -2.24. The Kier molecular flexibility index (Phi) is 6.50. The summed E-state index contributed by atoms with van der Waals surface area (Å²) in [6, 6.07) is 4.22. The van der Waals surface area contributed by atoms with Crippen molar-refractivity contribution in [3.8, 4) is 0 Å². The van der Waals surface area contributed by atoms with Gasteiger partial charge in [-0.05, 0) is 45.0 Å². The highest BCUT2D eigenvalue weighted by Crippen LogP contribution is 2.25. The van der Waals surface area contributed by atoms with Crippen molar-refractivity contribution in [2.75, 3.05) is 32.7 Å². The van der Waals surface area contributed by atoms with Gasteiger partial charge < -0.3 is 19.6 Å². The van der Waals surface area contributed by atoms with Crippen molar-refractivity contribution in [3.63, 3.8) is 0 Å². The fraction of sp³-hybridized carbons (Fsp3) is 0.556. The summed E-state index contributed by atoms with van der Waals surface area (Å²) in [5.41, 5.74) is 0. The van der Waals surface area contributed by atoms with Crippen LogP contribution in [0.2, 0.25) is 0 Å². The average Bonchev–Trinajstić information content (AvgIpc) is 3.38. The Labute approximate surface area is 149 Å². The Bertz CT molecular complexity index is 616. The van der Waals surface area contributed by atoms with Crippen molar-refractivity contribution in [1.82, 2.24) is 25.1 Å². The first-order valence-electron chi connectivity index (χ1n) is 9.12. The zero-order valence-electron chi connectivity index (χ0n) is 14.9. The van der Waals surface area contributed by atoms with E-state index in [1.807, 2.05) is 23.2 Å². The molecule has 3 heterocycles. The second kappa shape index (κ2) is 9.27. The van der Waals surface area contributed by atoms with Crippen LogP contribution in [0.1, 0.15) is 31.6 Å². The number of nitrogens with one attached hydrogen (secondary N) is 2. The van der Waals surface area contributed by atoms with Crippen molar-refractivity contribution < 1.29 is 4.42 Å². The molecule has 0 amide bonds. The maximum atomic E-state index is 5.67. The van der Waals surface area contributed by atoms with Crippen LogP contribution in [0.4, 0.5) is 0 Å². The standard InChI is InChI=1S/C18H28N6O/c1-2-20-18(21-8-12-23-11-7-19-15-23)22-14-16(17-6-5-13-25-17)24-9-3-4-10-24/h5-7,11,13,15-16H,2-4,8-10,12,14H2,1H3,(H2,20,21,22). The molecule has 0 aromatic carbocycles.